The van der Waals surface area contributed by atoms with Crippen molar-refractivity contribution < 1.29 is 4.21 Å². The van der Waals surface area contributed by atoms with Gasteiger partial charge in [-0.2, -0.15) is 0 Å². The molecule has 0 atom stereocenters. The molecule has 16 heavy (non-hydrogen) atoms. The maximum atomic E-state index is 12.5. The standard InChI is InChI=1S/C11H23N3OS/c1-13-5-3-11(4-6-13)12-16(15)9-7-14(2)8-10-16/h11H,3-10H2,1-2H3. The summed E-state index contributed by atoms with van der Waals surface area (Å²) >= 11 is 0. The van der Waals surface area contributed by atoms with Crippen LogP contribution < -0.4 is 0 Å². The average molecular weight is 245 g/mol. The molecule has 0 spiro atoms. The Morgan fingerprint density at radius 3 is 2.06 bits per heavy atom. The summed E-state index contributed by atoms with van der Waals surface area (Å²) in [5.41, 5.74) is 0. The van der Waals surface area contributed by atoms with Crippen LogP contribution in [0.2, 0.25) is 0 Å². The van der Waals surface area contributed by atoms with Crippen LogP contribution in [0.5, 0.6) is 0 Å². The van der Waals surface area contributed by atoms with Crippen LogP contribution in [0.15, 0.2) is 4.36 Å². The lowest BCUT2D eigenvalue weighted by molar-refractivity contribution is 0.257. The van der Waals surface area contributed by atoms with Gasteiger partial charge in [0, 0.05) is 34.3 Å². The lowest BCUT2D eigenvalue weighted by atomic mass is 10.1. The van der Waals surface area contributed by atoms with Crippen LogP contribution in [0.3, 0.4) is 0 Å². The van der Waals surface area contributed by atoms with E-state index in [4.69, 9.17) is 0 Å². The first-order chi connectivity index (χ1) is 7.57. The molecular weight excluding hydrogens is 222 g/mol. The van der Waals surface area contributed by atoms with Crippen molar-refractivity contribution in [1.29, 1.82) is 0 Å². The van der Waals surface area contributed by atoms with Crippen LogP contribution in [-0.2, 0) is 9.73 Å². The van der Waals surface area contributed by atoms with Crippen molar-refractivity contribution in [3.63, 3.8) is 0 Å². The molecule has 0 aliphatic carbocycles. The van der Waals surface area contributed by atoms with E-state index in [9.17, 15) is 4.21 Å². The lowest BCUT2D eigenvalue weighted by Gasteiger charge is -2.29. The van der Waals surface area contributed by atoms with E-state index in [1.54, 1.807) is 0 Å². The Bertz CT molecular complexity index is 327. The zero-order chi connectivity index (χ0) is 11.6. The van der Waals surface area contributed by atoms with Gasteiger partial charge in [-0.05, 0) is 40.0 Å². The fraction of sp³-hybridized carbons (Fsp3) is 1.00. The van der Waals surface area contributed by atoms with Crippen LogP contribution in [-0.4, -0.2) is 71.8 Å². The van der Waals surface area contributed by atoms with E-state index in [2.05, 4.69) is 28.3 Å². The molecule has 94 valence electrons. The lowest BCUT2D eigenvalue weighted by Crippen LogP contribution is -2.39. The van der Waals surface area contributed by atoms with Crippen molar-refractivity contribution in [2.24, 2.45) is 4.36 Å². The molecule has 0 saturated carbocycles. The molecule has 0 aromatic heterocycles. The zero-order valence-corrected chi connectivity index (χ0v) is 11.2. The van der Waals surface area contributed by atoms with Gasteiger partial charge in [0.2, 0.25) is 0 Å². The zero-order valence-electron chi connectivity index (χ0n) is 10.4. The Labute approximate surface area is 99.2 Å². The van der Waals surface area contributed by atoms with Gasteiger partial charge >= 0.3 is 0 Å². The molecule has 0 aromatic rings. The van der Waals surface area contributed by atoms with E-state index in [1.165, 1.54) is 0 Å². The summed E-state index contributed by atoms with van der Waals surface area (Å²) in [6.07, 6.45) is 2.17. The second-order valence-electron chi connectivity index (χ2n) is 5.12. The van der Waals surface area contributed by atoms with Gasteiger partial charge in [0.1, 0.15) is 0 Å². The van der Waals surface area contributed by atoms with Gasteiger partial charge in [0.25, 0.3) is 0 Å². The number of likely N-dealkylation sites (tertiary alicyclic amines) is 1. The maximum absolute atomic E-state index is 12.5. The molecule has 2 heterocycles. The summed E-state index contributed by atoms with van der Waals surface area (Å²) in [5, 5.41) is 0. The smallest absolute Gasteiger partial charge is 0.0618 e. The Kier molecular flexibility index (Phi) is 3.87. The first-order valence-electron chi connectivity index (χ1n) is 6.16. The van der Waals surface area contributed by atoms with Crippen molar-refractivity contribution in [2.75, 3.05) is 51.8 Å². The minimum atomic E-state index is -1.88. The van der Waals surface area contributed by atoms with E-state index < -0.39 is 9.73 Å². The van der Waals surface area contributed by atoms with Gasteiger partial charge < -0.3 is 9.80 Å². The molecule has 2 aliphatic rings. The number of piperidine rings is 1. The van der Waals surface area contributed by atoms with Crippen LogP contribution in [0.1, 0.15) is 12.8 Å². The van der Waals surface area contributed by atoms with E-state index in [-0.39, 0.29) is 0 Å². The molecule has 4 nitrogen and oxygen atoms in total. The number of hydrogen-bond donors (Lipinski definition) is 0. The SMILES string of the molecule is CN1CCC(N=S2(=O)CCN(C)CC2)CC1. The first kappa shape index (κ1) is 12.3. The largest absolute Gasteiger partial charge is 0.306 e. The van der Waals surface area contributed by atoms with Crippen molar-refractivity contribution in [1.82, 2.24) is 9.80 Å². The van der Waals surface area contributed by atoms with E-state index >= 15 is 0 Å². The van der Waals surface area contributed by atoms with Gasteiger partial charge in [-0.25, -0.2) is 8.57 Å². The predicted molar refractivity (Wildman–Crippen MR) is 68.3 cm³/mol. The highest BCUT2D eigenvalue weighted by Crippen LogP contribution is 2.16. The van der Waals surface area contributed by atoms with E-state index in [1.807, 2.05) is 0 Å². The Hall–Kier alpha value is -0.130. The van der Waals surface area contributed by atoms with Crippen molar-refractivity contribution in [3.05, 3.63) is 0 Å². The molecule has 2 fully saturated rings. The van der Waals surface area contributed by atoms with E-state index in [0.29, 0.717) is 6.04 Å². The summed E-state index contributed by atoms with van der Waals surface area (Å²) in [6, 6.07) is 0.354. The highest BCUT2D eigenvalue weighted by Gasteiger charge is 2.22. The highest BCUT2D eigenvalue weighted by atomic mass is 32.2. The Morgan fingerprint density at radius 1 is 1.00 bits per heavy atom. The van der Waals surface area contributed by atoms with Crippen LogP contribution >= 0.6 is 0 Å². The van der Waals surface area contributed by atoms with Gasteiger partial charge in [-0.3, -0.25) is 0 Å². The summed E-state index contributed by atoms with van der Waals surface area (Å²) in [6.45, 7) is 4.08. The van der Waals surface area contributed by atoms with Gasteiger partial charge in [0.15, 0.2) is 0 Å². The molecule has 2 saturated heterocycles. The number of hydrogen-bond acceptors (Lipinski definition) is 4. The van der Waals surface area contributed by atoms with Crippen LogP contribution in [0.4, 0.5) is 0 Å². The molecule has 0 bridgehead atoms. The van der Waals surface area contributed by atoms with Crippen LogP contribution in [0.25, 0.3) is 0 Å². The van der Waals surface area contributed by atoms with Crippen LogP contribution in [0, 0.1) is 0 Å². The van der Waals surface area contributed by atoms with Crippen molar-refractivity contribution in [3.8, 4) is 0 Å². The van der Waals surface area contributed by atoms with Crippen molar-refractivity contribution >= 4 is 9.73 Å². The minimum absolute atomic E-state index is 0.354. The summed E-state index contributed by atoms with van der Waals surface area (Å²) in [4.78, 5) is 4.57. The van der Waals surface area contributed by atoms with Gasteiger partial charge in [-0.15, -0.1) is 0 Å². The van der Waals surface area contributed by atoms with E-state index in [0.717, 1.165) is 50.5 Å². The molecular formula is C11H23N3OS. The average Bonchev–Trinajstić information content (AvgIpc) is 2.27. The third kappa shape index (κ3) is 3.18. The molecule has 5 heteroatoms. The van der Waals surface area contributed by atoms with Crippen molar-refractivity contribution in [2.45, 2.75) is 18.9 Å². The molecule has 0 aromatic carbocycles. The normalized spacial score (nSPS) is 29.1. The number of nitrogens with zero attached hydrogens (tertiary/aromatic N) is 3. The Balaban J connectivity index is 1.98. The summed E-state index contributed by atoms with van der Waals surface area (Å²) < 4.78 is 17.2. The third-order valence-corrected chi connectivity index (χ3v) is 5.94. The molecule has 0 N–H and O–H groups in total. The molecule has 2 rings (SSSR count). The summed E-state index contributed by atoms with van der Waals surface area (Å²) in [5.74, 6) is 1.55. The predicted octanol–water partition coefficient (Wildman–Crippen LogP) is 0.494. The monoisotopic (exact) mass is 245 g/mol. The Morgan fingerprint density at radius 2 is 1.50 bits per heavy atom. The minimum Gasteiger partial charge on any atom is -0.306 e. The fourth-order valence-corrected chi connectivity index (χ4v) is 4.65. The molecule has 0 radical (unpaired) electrons. The van der Waals surface area contributed by atoms with Gasteiger partial charge in [-0.1, -0.05) is 0 Å². The molecule has 0 amide bonds. The highest BCUT2D eigenvalue weighted by molar-refractivity contribution is 7.93. The summed E-state index contributed by atoms with van der Waals surface area (Å²) in [7, 11) is 2.36. The maximum Gasteiger partial charge on any atom is 0.0618 e. The van der Waals surface area contributed by atoms with Gasteiger partial charge in [0.05, 0.1) is 6.04 Å². The third-order valence-electron chi connectivity index (χ3n) is 3.61. The molecule has 0 unspecified atom stereocenters. The quantitative estimate of drug-likeness (QED) is 0.675. The topological polar surface area (TPSA) is 35.9 Å². The number of rotatable bonds is 1. The fourth-order valence-electron chi connectivity index (χ4n) is 2.29. The molecule has 2 aliphatic heterocycles. The second kappa shape index (κ2) is 5.02. The first-order valence-corrected chi connectivity index (χ1v) is 8.01. The second-order valence-corrected chi connectivity index (χ2v) is 7.70.